The number of hydrogen-bond acceptors (Lipinski definition) is 13. The summed E-state index contributed by atoms with van der Waals surface area (Å²) in [6.45, 7) is 4.32. The third-order valence-corrected chi connectivity index (χ3v) is 8.79. The lowest BCUT2D eigenvalue weighted by molar-refractivity contribution is -0.143. The molecule has 1 unspecified atom stereocenters. The van der Waals surface area contributed by atoms with Gasteiger partial charge in [0, 0.05) is 56.4 Å². The molecule has 296 valence electrons. The van der Waals surface area contributed by atoms with Crippen LogP contribution in [0.3, 0.4) is 0 Å². The number of rotatable bonds is 23. The Kier molecular flexibility index (Phi) is 17.8. The minimum atomic E-state index is -1.77. The molecule has 1 fully saturated rings. The van der Waals surface area contributed by atoms with Crippen LogP contribution in [0.15, 0.2) is 18.3 Å². The van der Waals surface area contributed by atoms with Crippen LogP contribution < -0.4 is 37.6 Å². The highest BCUT2D eigenvalue weighted by atomic mass is 32.2. The predicted octanol–water partition coefficient (Wildman–Crippen LogP) is -2.25. The molecule has 0 saturated carbocycles. The molecule has 4 atom stereocenters. The van der Waals surface area contributed by atoms with E-state index in [1.54, 1.807) is 12.1 Å². The van der Waals surface area contributed by atoms with Crippen molar-refractivity contribution in [3.05, 3.63) is 23.9 Å². The molecule has 1 aliphatic heterocycles. The van der Waals surface area contributed by atoms with Crippen molar-refractivity contribution >= 4 is 76.7 Å². The van der Waals surface area contributed by atoms with E-state index in [0.717, 1.165) is 16.7 Å². The van der Waals surface area contributed by atoms with Gasteiger partial charge in [-0.2, -0.15) is 0 Å². The first-order chi connectivity index (χ1) is 25.4. The third kappa shape index (κ3) is 15.4. The lowest BCUT2D eigenvalue weighted by Gasteiger charge is -2.21. The summed E-state index contributed by atoms with van der Waals surface area (Å²) in [6, 6.07) is -1.18. The highest BCUT2D eigenvalue weighted by molar-refractivity contribution is 8.00. The quantitative estimate of drug-likeness (QED) is 0.0184. The number of nitrogens with zero attached hydrogens (tertiary/aromatic N) is 2. The summed E-state index contributed by atoms with van der Waals surface area (Å²) in [5.74, 6) is -8.25. The van der Waals surface area contributed by atoms with Crippen LogP contribution in [0, 0.1) is 5.41 Å². The molecule has 2 heterocycles. The number of nitrogens with one attached hydrogen (secondary N) is 7. The van der Waals surface area contributed by atoms with Crippen LogP contribution in [-0.4, -0.2) is 134 Å². The lowest BCUT2D eigenvalue weighted by Crippen LogP contribution is -2.55. The molecule has 22 heteroatoms. The Morgan fingerprint density at radius 2 is 1.70 bits per heavy atom. The number of carboxylic acids is 2. The van der Waals surface area contributed by atoms with Gasteiger partial charge in [-0.1, -0.05) is 0 Å². The number of carbonyl (C=O) groups excluding carboxylic acids is 7. The fourth-order valence-electron chi connectivity index (χ4n) is 4.94. The van der Waals surface area contributed by atoms with Gasteiger partial charge in [0.1, 0.15) is 23.9 Å². The summed E-state index contributed by atoms with van der Waals surface area (Å²) in [6.07, 6.45) is 0.391. The number of nitrogens with two attached hydrogens (primary N) is 1. The van der Waals surface area contributed by atoms with Crippen molar-refractivity contribution in [1.29, 1.82) is 5.41 Å². The number of pyridine rings is 1. The summed E-state index contributed by atoms with van der Waals surface area (Å²) >= 11 is 0.770. The number of guanidine groups is 1. The zero-order valence-corrected chi connectivity index (χ0v) is 30.7. The van der Waals surface area contributed by atoms with Crippen molar-refractivity contribution in [3.63, 3.8) is 0 Å². The zero-order chi connectivity index (χ0) is 40.5. The number of imide groups is 1. The highest BCUT2D eigenvalue weighted by Gasteiger charge is 2.40. The summed E-state index contributed by atoms with van der Waals surface area (Å²) < 4.78 is 0. The van der Waals surface area contributed by atoms with E-state index in [4.69, 9.17) is 11.1 Å². The van der Waals surface area contributed by atoms with Gasteiger partial charge in [0.05, 0.1) is 18.2 Å². The van der Waals surface area contributed by atoms with E-state index in [1.165, 1.54) is 13.1 Å². The second-order valence-electron chi connectivity index (χ2n) is 12.4. The summed E-state index contributed by atoms with van der Waals surface area (Å²) in [7, 11) is 0. The smallest absolute Gasteiger partial charge is 0.327 e. The molecule has 6 amide bonds. The van der Waals surface area contributed by atoms with Gasteiger partial charge < -0.3 is 47.8 Å². The van der Waals surface area contributed by atoms with Crippen LogP contribution in [0.5, 0.6) is 0 Å². The Labute approximate surface area is 314 Å². The van der Waals surface area contributed by atoms with Gasteiger partial charge in [0.25, 0.3) is 0 Å². The van der Waals surface area contributed by atoms with E-state index in [0.29, 0.717) is 17.8 Å². The molecule has 2 rings (SSSR count). The van der Waals surface area contributed by atoms with Gasteiger partial charge in [-0.3, -0.25) is 48.7 Å². The molecule has 54 heavy (non-hydrogen) atoms. The molecular formula is C32H46N10O11S. The van der Waals surface area contributed by atoms with Gasteiger partial charge in [0.15, 0.2) is 11.7 Å². The predicted molar refractivity (Wildman–Crippen MR) is 193 cm³/mol. The van der Waals surface area contributed by atoms with E-state index in [9.17, 15) is 53.4 Å². The summed E-state index contributed by atoms with van der Waals surface area (Å²) in [5, 5.41) is 39.8. The van der Waals surface area contributed by atoms with Gasteiger partial charge in [0.2, 0.25) is 35.4 Å². The van der Waals surface area contributed by atoms with Crippen LogP contribution in [-0.2, 0) is 38.4 Å². The summed E-state index contributed by atoms with van der Waals surface area (Å²) in [4.78, 5) is 117. The second-order valence-corrected chi connectivity index (χ2v) is 13.6. The second kappa shape index (κ2) is 21.7. The first kappa shape index (κ1) is 44.4. The molecule has 1 saturated heterocycles. The Bertz CT molecular complexity index is 1590. The van der Waals surface area contributed by atoms with Gasteiger partial charge in [-0.15, -0.1) is 11.8 Å². The maximum atomic E-state index is 13.0. The van der Waals surface area contributed by atoms with Crippen molar-refractivity contribution < 1.29 is 53.4 Å². The van der Waals surface area contributed by atoms with Gasteiger partial charge in [-0.25, -0.2) is 9.78 Å². The number of Topliss-reactive ketones (excluding diaryl/α,β-unsaturated/α-hetero) is 1. The van der Waals surface area contributed by atoms with Crippen LogP contribution in [0.1, 0.15) is 63.2 Å². The Morgan fingerprint density at radius 3 is 2.28 bits per heavy atom. The number of hydrogen-bond donors (Lipinski definition) is 10. The highest BCUT2D eigenvalue weighted by Crippen LogP contribution is 2.26. The number of anilines is 1. The summed E-state index contributed by atoms with van der Waals surface area (Å²) in [5.41, 5.74) is 5.50. The van der Waals surface area contributed by atoms with Gasteiger partial charge in [-0.05, 0) is 38.8 Å². The fraction of sp³-hybridized carbons (Fsp3) is 0.531. The Hall–Kier alpha value is -5.80. The third-order valence-electron chi connectivity index (χ3n) is 7.50. The minimum absolute atomic E-state index is 0.105. The first-order valence-corrected chi connectivity index (χ1v) is 17.8. The molecule has 11 N–H and O–H groups in total. The number of aromatic nitrogens is 1. The SMILES string of the molecule is CC(=O)N[C@@H](CCCNC(=N)N)C(=O)NCC(=O)N[C@@H](CC(=O)O)C(=O)N[C@H](CSC1CC(=O)N(CCC(=O)c2ccc(NC(C)C)nc2)C1=O)C(=O)O. The van der Waals surface area contributed by atoms with Crippen molar-refractivity contribution in [3.8, 4) is 0 Å². The van der Waals surface area contributed by atoms with E-state index in [-0.39, 0.29) is 50.1 Å². The van der Waals surface area contributed by atoms with E-state index < -0.39 is 89.5 Å². The monoisotopic (exact) mass is 778 g/mol. The maximum absolute atomic E-state index is 13.0. The molecule has 1 aromatic rings. The van der Waals surface area contributed by atoms with E-state index in [2.05, 4.69) is 36.9 Å². The molecular weight excluding hydrogens is 732 g/mol. The molecule has 0 radical (unpaired) electrons. The number of likely N-dealkylation sites (tertiary alicyclic amines) is 1. The average Bonchev–Trinajstić information content (AvgIpc) is 3.35. The van der Waals surface area contributed by atoms with Crippen molar-refractivity contribution in [2.75, 3.05) is 30.7 Å². The molecule has 1 aromatic heterocycles. The van der Waals surface area contributed by atoms with Crippen molar-refractivity contribution in [2.45, 2.75) is 82.3 Å². The van der Waals surface area contributed by atoms with Crippen LogP contribution in [0.25, 0.3) is 0 Å². The molecule has 21 nitrogen and oxygen atoms in total. The number of ketones is 1. The van der Waals surface area contributed by atoms with Crippen LogP contribution in [0.2, 0.25) is 0 Å². The lowest BCUT2D eigenvalue weighted by atomic mass is 10.1. The van der Waals surface area contributed by atoms with Gasteiger partial charge >= 0.3 is 11.9 Å². The van der Waals surface area contributed by atoms with E-state index in [1.807, 2.05) is 13.8 Å². The molecule has 0 spiro atoms. The zero-order valence-electron chi connectivity index (χ0n) is 29.9. The number of carbonyl (C=O) groups is 9. The van der Waals surface area contributed by atoms with Crippen molar-refractivity contribution in [1.82, 2.24) is 36.5 Å². The van der Waals surface area contributed by atoms with Crippen molar-refractivity contribution in [2.24, 2.45) is 5.73 Å². The number of carboxylic acid groups (broad SMARTS) is 2. The van der Waals surface area contributed by atoms with Crippen LogP contribution in [0.4, 0.5) is 5.82 Å². The average molecular weight is 779 g/mol. The Morgan fingerprint density at radius 1 is 1.00 bits per heavy atom. The van der Waals surface area contributed by atoms with Crippen LogP contribution >= 0.6 is 11.8 Å². The standard InChI is InChI=1S/C32H46N10O11S/c1-16(2)38-24-7-6-18(13-36-24)22(44)8-10-42-26(46)12-23(30(42)51)54-15-21(31(52)53)41-29(50)20(11-27(47)48)40-25(45)14-37-28(49)19(39-17(3)43)5-4-9-35-32(33)34/h6-7,13,16,19-21,23H,4-5,8-12,14-15H2,1-3H3,(H,36,38)(H,37,49)(H,39,43)(H,40,45)(H,41,50)(H,47,48)(H,52,53)(H4,33,34,35)/t19-,20-,21+,23?/m0/s1. The first-order valence-electron chi connectivity index (χ1n) is 16.8. The topological polar surface area (TPSA) is 332 Å². The number of thioether (sulfide) groups is 1. The fourth-order valence-corrected chi connectivity index (χ4v) is 6.12. The molecule has 0 aliphatic carbocycles. The molecule has 1 aliphatic rings. The Balaban J connectivity index is 1.94. The maximum Gasteiger partial charge on any atom is 0.327 e. The normalized spacial score (nSPS) is 15.4. The molecule has 0 aromatic carbocycles. The largest absolute Gasteiger partial charge is 0.481 e. The number of aliphatic carboxylic acids is 2. The molecule has 0 bridgehead atoms. The minimum Gasteiger partial charge on any atom is -0.481 e. The van der Waals surface area contributed by atoms with E-state index >= 15 is 0 Å². The number of amides is 6.